The van der Waals surface area contributed by atoms with Crippen molar-refractivity contribution in [3.05, 3.63) is 42.2 Å². The molecule has 18 heavy (non-hydrogen) atoms. The van der Waals surface area contributed by atoms with E-state index in [1.807, 2.05) is 0 Å². The summed E-state index contributed by atoms with van der Waals surface area (Å²) in [7, 11) is 1.33. The summed E-state index contributed by atoms with van der Waals surface area (Å²) in [5.74, 6) is -0.430. The van der Waals surface area contributed by atoms with Crippen LogP contribution in [-0.2, 0) is 4.74 Å². The highest BCUT2D eigenvalue weighted by atomic mass is 32.2. The first-order valence-corrected chi connectivity index (χ1v) is 5.95. The molecule has 1 aromatic carbocycles. The summed E-state index contributed by atoms with van der Waals surface area (Å²) >= 11 is 1.29. The van der Waals surface area contributed by atoms with Crippen LogP contribution in [0, 0.1) is 0 Å². The highest BCUT2D eigenvalue weighted by Crippen LogP contribution is 2.29. The van der Waals surface area contributed by atoms with E-state index in [1.165, 1.54) is 18.9 Å². The number of nitrogen functional groups attached to an aromatic ring is 1. The van der Waals surface area contributed by atoms with Crippen molar-refractivity contribution in [2.45, 2.75) is 10.1 Å². The Bertz CT molecular complexity index is 561. The lowest BCUT2D eigenvalue weighted by Crippen LogP contribution is -2.04. The molecule has 2 N–H and O–H groups in total. The van der Waals surface area contributed by atoms with Crippen LogP contribution in [0.25, 0.3) is 0 Å². The first-order valence-electron chi connectivity index (χ1n) is 5.13. The molecule has 0 atom stereocenters. The average molecular weight is 261 g/mol. The van der Waals surface area contributed by atoms with Crippen LogP contribution in [0.15, 0.2) is 46.7 Å². The molecule has 0 fully saturated rings. The van der Waals surface area contributed by atoms with Crippen LogP contribution in [0.3, 0.4) is 0 Å². The lowest BCUT2D eigenvalue weighted by atomic mass is 10.2. The van der Waals surface area contributed by atoms with Crippen molar-refractivity contribution in [1.29, 1.82) is 0 Å². The number of anilines is 1. The zero-order valence-electron chi connectivity index (χ0n) is 9.66. The number of hydrogen-bond donors (Lipinski definition) is 1. The number of nitrogens with zero attached hydrogens (tertiary/aromatic N) is 2. The molecule has 5 nitrogen and oxygen atoms in total. The average Bonchev–Trinajstić information content (AvgIpc) is 2.41. The van der Waals surface area contributed by atoms with Gasteiger partial charge in [0, 0.05) is 23.0 Å². The van der Waals surface area contributed by atoms with Crippen LogP contribution >= 0.6 is 11.8 Å². The van der Waals surface area contributed by atoms with Gasteiger partial charge in [0.1, 0.15) is 0 Å². The molecule has 0 amide bonds. The van der Waals surface area contributed by atoms with Crippen molar-refractivity contribution in [2.75, 3.05) is 12.8 Å². The van der Waals surface area contributed by atoms with Gasteiger partial charge in [-0.3, -0.25) is 0 Å². The topological polar surface area (TPSA) is 78.1 Å². The summed E-state index contributed by atoms with van der Waals surface area (Å²) in [5.41, 5.74) is 6.59. The van der Waals surface area contributed by atoms with E-state index in [0.717, 1.165) is 0 Å². The van der Waals surface area contributed by atoms with Crippen LogP contribution in [0.5, 0.6) is 0 Å². The van der Waals surface area contributed by atoms with Crippen LogP contribution in [0.4, 0.5) is 5.69 Å². The van der Waals surface area contributed by atoms with Gasteiger partial charge in [0.15, 0.2) is 5.16 Å². The van der Waals surface area contributed by atoms with Gasteiger partial charge in [0.2, 0.25) is 0 Å². The van der Waals surface area contributed by atoms with Gasteiger partial charge >= 0.3 is 5.97 Å². The Morgan fingerprint density at radius 1 is 1.33 bits per heavy atom. The first kappa shape index (κ1) is 12.4. The highest BCUT2D eigenvalue weighted by Gasteiger charge is 2.14. The molecule has 0 bridgehead atoms. The van der Waals surface area contributed by atoms with E-state index in [4.69, 9.17) is 10.5 Å². The van der Waals surface area contributed by atoms with Gasteiger partial charge in [-0.2, -0.15) is 0 Å². The molecule has 0 saturated carbocycles. The molecule has 1 aromatic heterocycles. The molecule has 0 unspecified atom stereocenters. The molecule has 6 heteroatoms. The minimum absolute atomic E-state index is 0.412. The van der Waals surface area contributed by atoms with Crippen LogP contribution in [0.1, 0.15) is 10.4 Å². The number of carbonyl (C=O) groups is 1. The third-order valence-corrected chi connectivity index (χ3v) is 3.12. The maximum Gasteiger partial charge on any atom is 0.339 e. The minimum atomic E-state index is -0.430. The normalized spacial score (nSPS) is 10.1. The number of hydrogen-bond acceptors (Lipinski definition) is 6. The fourth-order valence-electron chi connectivity index (χ4n) is 1.34. The van der Waals surface area contributed by atoms with Gasteiger partial charge < -0.3 is 10.5 Å². The van der Waals surface area contributed by atoms with Crippen molar-refractivity contribution in [3.63, 3.8) is 0 Å². The third-order valence-electron chi connectivity index (χ3n) is 2.15. The van der Waals surface area contributed by atoms with Gasteiger partial charge in [0.25, 0.3) is 0 Å². The van der Waals surface area contributed by atoms with Crippen molar-refractivity contribution >= 4 is 23.4 Å². The fraction of sp³-hybridized carbons (Fsp3) is 0.0833. The number of nitrogens with two attached hydrogens (primary N) is 1. The van der Waals surface area contributed by atoms with E-state index in [2.05, 4.69) is 9.97 Å². The summed E-state index contributed by atoms with van der Waals surface area (Å²) in [4.78, 5) is 20.5. The van der Waals surface area contributed by atoms with E-state index >= 15 is 0 Å². The largest absolute Gasteiger partial charge is 0.465 e. The van der Waals surface area contributed by atoms with Crippen LogP contribution in [0.2, 0.25) is 0 Å². The third kappa shape index (κ3) is 2.78. The van der Waals surface area contributed by atoms with E-state index < -0.39 is 5.97 Å². The summed E-state index contributed by atoms with van der Waals surface area (Å²) in [6.45, 7) is 0. The second-order valence-corrected chi connectivity index (χ2v) is 4.39. The molecular weight excluding hydrogens is 250 g/mol. The van der Waals surface area contributed by atoms with Crippen molar-refractivity contribution in [3.8, 4) is 0 Å². The summed E-state index contributed by atoms with van der Waals surface area (Å²) in [5, 5.41) is 0.562. The van der Waals surface area contributed by atoms with Crippen molar-refractivity contribution in [1.82, 2.24) is 9.97 Å². The Kier molecular flexibility index (Phi) is 3.78. The minimum Gasteiger partial charge on any atom is -0.465 e. The fourth-order valence-corrected chi connectivity index (χ4v) is 2.15. The Labute approximate surface area is 108 Å². The van der Waals surface area contributed by atoms with Crippen LogP contribution < -0.4 is 5.73 Å². The molecule has 0 aliphatic rings. The van der Waals surface area contributed by atoms with Crippen molar-refractivity contribution in [2.24, 2.45) is 0 Å². The molecular formula is C12H11N3O2S. The monoisotopic (exact) mass is 261 g/mol. The molecule has 1 heterocycles. The number of rotatable bonds is 3. The number of benzene rings is 1. The quantitative estimate of drug-likeness (QED) is 0.517. The maximum atomic E-state index is 11.6. The molecule has 0 radical (unpaired) electrons. The van der Waals surface area contributed by atoms with E-state index in [0.29, 0.717) is 21.3 Å². The Hall–Kier alpha value is -2.08. The molecule has 2 rings (SSSR count). The standard InChI is InChI=1S/C12H11N3O2S/c1-17-11(16)9-7-8(13)3-4-10(9)18-12-14-5-2-6-15-12/h2-7H,13H2,1H3. The smallest absolute Gasteiger partial charge is 0.339 e. The van der Waals surface area contributed by atoms with Crippen LogP contribution in [-0.4, -0.2) is 23.0 Å². The summed E-state index contributed by atoms with van der Waals surface area (Å²) in [6.07, 6.45) is 3.29. The van der Waals surface area contributed by atoms with E-state index in [1.54, 1.807) is 36.7 Å². The van der Waals surface area contributed by atoms with Gasteiger partial charge in [-0.15, -0.1) is 0 Å². The molecule has 2 aromatic rings. The Balaban J connectivity index is 2.35. The van der Waals surface area contributed by atoms with Gasteiger partial charge in [0.05, 0.1) is 12.7 Å². The van der Waals surface area contributed by atoms with Gasteiger partial charge in [-0.05, 0) is 36.0 Å². The Morgan fingerprint density at radius 3 is 2.72 bits per heavy atom. The number of methoxy groups -OCH3 is 1. The maximum absolute atomic E-state index is 11.6. The lowest BCUT2D eigenvalue weighted by Gasteiger charge is -2.07. The first-order chi connectivity index (χ1) is 8.70. The predicted octanol–water partition coefficient (Wildman–Crippen LogP) is 2.00. The second kappa shape index (κ2) is 5.50. The second-order valence-electron chi connectivity index (χ2n) is 3.38. The van der Waals surface area contributed by atoms with Gasteiger partial charge in [-0.1, -0.05) is 0 Å². The van der Waals surface area contributed by atoms with E-state index in [-0.39, 0.29) is 0 Å². The zero-order valence-corrected chi connectivity index (χ0v) is 10.5. The summed E-state index contributed by atoms with van der Waals surface area (Å²) in [6, 6.07) is 6.78. The van der Waals surface area contributed by atoms with E-state index in [9.17, 15) is 4.79 Å². The number of ether oxygens (including phenoxy) is 1. The lowest BCUT2D eigenvalue weighted by molar-refractivity contribution is 0.0597. The Morgan fingerprint density at radius 2 is 2.06 bits per heavy atom. The van der Waals surface area contributed by atoms with Gasteiger partial charge in [-0.25, -0.2) is 14.8 Å². The van der Waals surface area contributed by atoms with Crippen molar-refractivity contribution < 1.29 is 9.53 Å². The number of esters is 1. The summed E-state index contributed by atoms with van der Waals surface area (Å²) < 4.78 is 4.72. The molecule has 0 saturated heterocycles. The molecule has 0 aliphatic heterocycles. The predicted molar refractivity (Wildman–Crippen MR) is 68.3 cm³/mol. The highest BCUT2D eigenvalue weighted by molar-refractivity contribution is 7.99. The molecule has 0 aliphatic carbocycles. The molecule has 0 spiro atoms. The number of carbonyl (C=O) groups excluding carboxylic acids is 1. The number of aromatic nitrogens is 2. The SMILES string of the molecule is COC(=O)c1cc(N)ccc1Sc1ncccn1. The zero-order chi connectivity index (χ0) is 13.0. The molecule has 92 valence electrons.